The van der Waals surface area contributed by atoms with E-state index in [0.717, 1.165) is 9.87 Å². The van der Waals surface area contributed by atoms with Gasteiger partial charge in [-0.1, -0.05) is 39.7 Å². The topological polar surface area (TPSA) is 119 Å². The van der Waals surface area contributed by atoms with Gasteiger partial charge < -0.3 is 14.8 Å². The molecule has 0 aliphatic heterocycles. The average molecular weight is 575 g/mol. The maximum Gasteiger partial charge on any atom is 0.337 e. The lowest BCUT2D eigenvalue weighted by atomic mass is 10.1. The number of hydrogen-bond acceptors (Lipinski definition) is 7. The monoisotopic (exact) mass is 574 g/mol. The Morgan fingerprint density at radius 1 is 0.889 bits per heavy atom. The fourth-order valence-corrected chi connectivity index (χ4v) is 5.09. The van der Waals surface area contributed by atoms with Crippen LogP contribution in [0.5, 0.6) is 0 Å². The van der Waals surface area contributed by atoms with Crippen molar-refractivity contribution in [3.63, 3.8) is 0 Å². The van der Waals surface area contributed by atoms with Crippen molar-refractivity contribution in [1.82, 2.24) is 0 Å². The molecule has 188 valence electrons. The second-order valence-corrected chi connectivity index (χ2v) is 10.4. The maximum atomic E-state index is 13.5. The highest BCUT2D eigenvalue weighted by Crippen LogP contribution is 2.27. The Morgan fingerprint density at radius 2 is 1.47 bits per heavy atom. The molecule has 1 amide bonds. The first-order valence-corrected chi connectivity index (χ1v) is 12.7. The summed E-state index contributed by atoms with van der Waals surface area (Å²) in [6.07, 6.45) is 0. The number of benzene rings is 3. The highest BCUT2D eigenvalue weighted by molar-refractivity contribution is 9.10. The lowest BCUT2D eigenvalue weighted by Gasteiger charge is -2.24. The van der Waals surface area contributed by atoms with Gasteiger partial charge >= 0.3 is 11.9 Å². The average Bonchev–Trinajstić information content (AvgIpc) is 2.86. The molecule has 3 aromatic carbocycles. The van der Waals surface area contributed by atoms with Gasteiger partial charge in [0.2, 0.25) is 5.91 Å². The second kappa shape index (κ2) is 11.4. The summed E-state index contributed by atoms with van der Waals surface area (Å²) in [5, 5.41) is 2.56. The molecule has 0 radical (unpaired) electrons. The zero-order valence-corrected chi connectivity index (χ0v) is 22.1. The molecule has 0 fully saturated rings. The Hall–Kier alpha value is -3.70. The molecule has 9 nitrogen and oxygen atoms in total. The van der Waals surface area contributed by atoms with Gasteiger partial charge in [-0.25, -0.2) is 18.0 Å². The Bertz CT molecular complexity index is 1370. The Kier molecular flexibility index (Phi) is 8.49. The quantitative estimate of drug-likeness (QED) is 0.401. The van der Waals surface area contributed by atoms with Crippen LogP contribution in [0.1, 0.15) is 26.3 Å². The van der Waals surface area contributed by atoms with Gasteiger partial charge in [-0.15, -0.1) is 0 Å². The van der Waals surface area contributed by atoms with Gasteiger partial charge in [0.05, 0.1) is 35.9 Å². The van der Waals surface area contributed by atoms with Crippen molar-refractivity contribution in [2.24, 2.45) is 0 Å². The first-order valence-electron chi connectivity index (χ1n) is 10.5. The molecule has 0 saturated carbocycles. The van der Waals surface area contributed by atoms with Crippen molar-refractivity contribution in [2.75, 3.05) is 30.4 Å². The number of halogens is 1. The van der Waals surface area contributed by atoms with E-state index in [1.807, 2.05) is 6.92 Å². The third-order valence-electron chi connectivity index (χ3n) is 5.05. The standard InChI is InChI=1S/C25H23BrN2O7S/c1-16-7-9-22(10-8-16)36(32,33)28(21-6-4-5-19(26)14-21)15-23(29)27-20-12-17(24(30)34-2)11-18(13-20)25(31)35-3/h4-14H,15H2,1-3H3,(H,27,29). The number of sulfonamides is 1. The molecule has 0 bridgehead atoms. The maximum absolute atomic E-state index is 13.5. The summed E-state index contributed by atoms with van der Waals surface area (Å²) in [6, 6.07) is 16.7. The summed E-state index contributed by atoms with van der Waals surface area (Å²) >= 11 is 3.33. The number of carbonyl (C=O) groups is 3. The van der Waals surface area contributed by atoms with E-state index >= 15 is 0 Å². The minimum absolute atomic E-state index is 0.00632. The molecule has 0 heterocycles. The minimum atomic E-state index is -4.12. The van der Waals surface area contributed by atoms with Crippen LogP contribution in [0.3, 0.4) is 0 Å². The van der Waals surface area contributed by atoms with Crippen LogP contribution < -0.4 is 9.62 Å². The third kappa shape index (κ3) is 6.29. The molecule has 0 spiro atoms. The number of amides is 1. The van der Waals surface area contributed by atoms with Crippen molar-refractivity contribution < 1.29 is 32.3 Å². The van der Waals surface area contributed by atoms with E-state index in [1.54, 1.807) is 36.4 Å². The highest BCUT2D eigenvalue weighted by atomic mass is 79.9. The number of esters is 2. The predicted molar refractivity (Wildman–Crippen MR) is 138 cm³/mol. The summed E-state index contributed by atoms with van der Waals surface area (Å²) in [5.41, 5.74) is 1.25. The van der Waals surface area contributed by atoms with Crippen LogP contribution in [0.2, 0.25) is 0 Å². The molecular weight excluding hydrogens is 552 g/mol. The van der Waals surface area contributed by atoms with Gasteiger partial charge in [-0.05, 0) is 55.5 Å². The van der Waals surface area contributed by atoms with Crippen molar-refractivity contribution >= 4 is 55.2 Å². The number of nitrogens with zero attached hydrogens (tertiary/aromatic N) is 1. The predicted octanol–water partition coefficient (Wildman–Crippen LogP) is 4.16. The molecule has 3 rings (SSSR count). The SMILES string of the molecule is COC(=O)c1cc(NC(=O)CN(c2cccc(Br)c2)S(=O)(=O)c2ccc(C)cc2)cc(C(=O)OC)c1. The van der Waals surface area contributed by atoms with E-state index in [-0.39, 0.29) is 27.4 Å². The summed E-state index contributed by atoms with van der Waals surface area (Å²) in [7, 11) is -1.77. The summed E-state index contributed by atoms with van der Waals surface area (Å²) in [6.45, 7) is 1.25. The largest absolute Gasteiger partial charge is 0.465 e. The second-order valence-electron chi connectivity index (χ2n) is 7.63. The van der Waals surface area contributed by atoms with Crippen molar-refractivity contribution in [3.8, 4) is 0 Å². The fourth-order valence-electron chi connectivity index (χ4n) is 3.29. The van der Waals surface area contributed by atoms with Gasteiger partial charge in [-0.3, -0.25) is 9.10 Å². The number of methoxy groups -OCH3 is 2. The number of anilines is 2. The molecule has 0 aliphatic carbocycles. The van der Waals surface area contributed by atoms with Crippen LogP contribution in [-0.4, -0.2) is 47.0 Å². The minimum Gasteiger partial charge on any atom is -0.465 e. The smallest absolute Gasteiger partial charge is 0.337 e. The molecule has 0 unspecified atom stereocenters. The molecular formula is C25H23BrN2O7S. The first-order chi connectivity index (χ1) is 17.0. The van der Waals surface area contributed by atoms with Crippen LogP contribution in [0.4, 0.5) is 11.4 Å². The van der Waals surface area contributed by atoms with E-state index < -0.39 is 34.4 Å². The normalized spacial score (nSPS) is 10.9. The summed E-state index contributed by atoms with van der Waals surface area (Å²) in [4.78, 5) is 37.2. The molecule has 3 aromatic rings. The zero-order valence-electron chi connectivity index (χ0n) is 19.6. The molecule has 36 heavy (non-hydrogen) atoms. The molecule has 1 N–H and O–H groups in total. The van der Waals surface area contributed by atoms with Crippen LogP contribution in [0, 0.1) is 6.92 Å². The Morgan fingerprint density at radius 3 is 2.00 bits per heavy atom. The third-order valence-corrected chi connectivity index (χ3v) is 7.33. The number of nitrogens with one attached hydrogen (secondary N) is 1. The Labute approximate surface area is 217 Å². The zero-order chi connectivity index (χ0) is 26.5. The van der Waals surface area contributed by atoms with E-state index in [9.17, 15) is 22.8 Å². The van der Waals surface area contributed by atoms with E-state index in [0.29, 0.717) is 4.47 Å². The van der Waals surface area contributed by atoms with Gasteiger partial charge in [0.1, 0.15) is 6.54 Å². The van der Waals surface area contributed by atoms with Crippen LogP contribution in [-0.2, 0) is 24.3 Å². The van der Waals surface area contributed by atoms with Crippen LogP contribution in [0.25, 0.3) is 0 Å². The molecule has 0 aromatic heterocycles. The van der Waals surface area contributed by atoms with Gasteiger partial charge in [0.25, 0.3) is 10.0 Å². The Balaban J connectivity index is 1.98. The van der Waals surface area contributed by atoms with E-state index in [4.69, 9.17) is 9.47 Å². The molecule has 0 atom stereocenters. The number of ether oxygens (including phenoxy) is 2. The van der Waals surface area contributed by atoms with Gasteiger partial charge in [0, 0.05) is 10.2 Å². The van der Waals surface area contributed by atoms with Crippen LogP contribution >= 0.6 is 15.9 Å². The number of aryl methyl sites for hydroxylation is 1. The number of rotatable bonds is 8. The number of hydrogen-bond donors (Lipinski definition) is 1. The molecule has 0 aliphatic rings. The summed E-state index contributed by atoms with van der Waals surface area (Å²) in [5.74, 6) is -2.16. The van der Waals surface area contributed by atoms with Crippen molar-refractivity contribution in [2.45, 2.75) is 11.8 Å². The molecule has 0 saturated heterocycles. The summed E-state index contributed by atoms with van der Waals surface area (Å²) < 4.78 is 38.0. The van der Waals surface area contributed by atoms with E-state index in [2.05, 4.69) is 21.2 Å². The number of carbonyl (C=O) groups excluding carboxylic acids is 3. The van der Waals surface area contributed by atoms with Crippen molar-refractivity contribution in [1.29, 1.82) is 0 Å². The lowest BCUT2D eigenvalue weighted by Crippen LogP contribution is -2.38. The first kappa shape index (κ1) is 26.9. The lowest BCUT2D eigenvalue weighted by molar-refractivity contribution is -0.114. The van der Waals surface area contributed by atoms with Gasteiger partial charge in [0.15, 0.2) is 0 Å². The fraction of sp³-hybridized carbons (Fsp3) is 0.160. The van der Waals surface area contributed by atoms with Crippen molar-refractivity contribution in [3.05, 3.63) is 87.9 Å². The van der Waals surface area contributed by atoms with Gasteiger partial charge in [-0.2, -0.15) is 0 Å². The van der Waals surface area contributed by atoms with Crippen LogP contribution in [0.15, 0.2) is 76.1 Å². The van der Waals surface area contributed by atoms with E-state index in [1.165, 1.54) is 44.6 Å². The molecule has 11 heteroatoms. The highest BCUT2D eigenvalue weighted by Gasteiger charge is 2.27.